The Morgan fingerprint density at radius 1 is 1.28 bits per heavy atom. The van der Waals surface area contributed by atoms with Crippen molar-refractivity contribution in [1.82, 2.24) is 20.0 Å². The number of benzene rings is 1. The van der Waals surface area contributed by atoms with Crippen molar-refractivity contribution >= 4 is 11.6 Å². The highest BCUT2D eigenvalue weighted by molar-refractivity contribution is 5.93. The Balaban J connectivity index is 1.74. The van der Waals surface area contributed by atoms with Crippen LogP contribution in [-0.4, -0.2) is 52.8 Å². The van der Waals surface area contributed by atoms with Crippen molar-refractivity contribution < 1.29 is 4.79 Å². The van der Waals surface area contributed by atoms with Crippen LogP contribution in [0.3, 0.4) is 0 Å². The van der Waals surface area contributed by atoms with E-state index >= 15 is 0 Å². The first-order valence-corrected chi connectivity index (χ1v) is 8.83. The third-order valence-electron chi connectivity index (χ3n) is 4.82. The zero-order valence-electron chi connectivity index (χ0n) is 15.5. The Hall–Kier alpha value is -2.18. The Kier molecular flexibility index (Phi) is 5.20. The quantitative estimate of drug-likeness (QED) is 0.893. The van der Waals surface area contributed by atoms with Gasteiger partial charge in [0.1, 0.15) is 0 Å². The molecule has 1 saturated heterocycles. The Labute approximate surface area is 149 Å². The van der Waals surface area contributed by atoms with Gasteiger partial charge in [0.15, 0.2) is 0 Å². The first-order valence-electron chi connectivity index (χ1n) is 8.83. The lowest BCUT2D eigenvalue weighted by atomic mass is 10.2. The number of carbonyl (C=O) groups excluding carboxylic acids is 1. The molecule has 0 saturated carbocycles. The Bertz CT molecular complexity index is 750. The summed E-state index contributed by atoms with van der Waals surface area (Å²) >= 11 is 0. The van der Waals surface area contributed by atoms with Gasteiger partial charge in [-0.3, -0.25) is 9.69 Å². The molecule has 0 aliphatic carbocycles. The summed E-state index contributed by atoms with van der Waals surface area (Å²) in [6, 6.07) is 8.59. The summed E-state index contributed by atoms with van der Waals surface area (Å²) in [7, 11) is 0. The van der Waals surface area contributed by atoms with Gasteiger partial charge in [0.05, 0.1) is 29.3 Å². The first kappa shape index (κ1) is 17.6. The smallest absolute Gasteiger partial charge is 0.238 e. The fourth-order valence-electron chi connectivity index (χ4n) is 3.24. The van der Waals surface area contributed by atoms with Crippen molar-refractivity contribution in [2.24, 2.45) is 0 Å². The van der Waals surface area contributed by atoms with E-state index in [2.05, 4.69) is 46.6 Å². The van der Waals surface area contributed by atoms with Crippen molar-refractivity contribution in [2.45, 2.75) is 33.7 Å². The molecule has 1 amide bonds. The molecule has 0 unspecified atom stereocenters. The molecule has 2 heterocycles. The van der Waals surface area contributed by atoms with E-state index in [4.69, 9.17) is 0 Å². The van der Waals surface area contributed by atoms with Crippen molar-refractivity contribution in [2.75, 3.05) is 31.5 Å². The third-order valence-corrected chi connectivity index (χ3v) is 4.82. The molecule has 2 aromatic rings. The van der Waals surface area contributed by atoms with E-state index in [-0.39, 0.29) is 5.91 Å². The van der Waals surface area contributed by atoms with Crippen LogP contribution in [0.15, 0.2) is 24.3 Å². The topological polar surface area (TPSA) is 62.2 Å². The number of aryl methyl sites for hydroxylation is 2. The summed E-state index contributed by atoms with van der Waals surface area (Å²) in [5.41, 5.74) is 4.81. The largest absolute Gasteiger partial charge is 0.322 e. The predicted molar refractivity (Wildman–Crippen MR) is 100 cm³/mol. The van der Waals surface area contributed by atoms with Gasteiger partial charge < -0.3 is 10.6 Å². The lowest BCUT2D eigenvalue weighted by molar-refractivity contribution is -0.118. The second-order valence-electron chi connectivity index (χ2n) is 6.86. The van der Waals surface area contributed by atoms with E-state index < -0.39 is 0 Å². The average Bonchev–Trinajstić information content (AvgIpc) is 2.86. The van der Waals surface area contributed by atoms with Crippen LogP contribution in [0.5, 0.6) is 0 Å². The first-order chi connectivity index (χ1) is 12.0. The van der Waals surface area contributed by atoms with Crippen molar-refractivity contribution in [3.63, 3.8) is 0 Å². The molecule has 3 rings (SSSR count). The summed E-state index contributed by atoms with van der Waals surface area (Å²) < 4.78 is 1.89. The van der Waals surface area contributed by atoms with Gasteiger partial charge in [0.25, 0.3) is 0 Å². The summed E-state index contributed by atoms with van der Waals surface area (Å²) in [6.07, 6.45) is 0. The maximum Gasteiger partial charge on any atom is 0.238 e. The third kappa shape index (κ3) is 3.91. The summed E-state index contributed by atoms with van der Waals surface area (Å²) in [4.78, 5) is 14.7. The van der Waals surface area contributed by atoms with Crippen molar-refractivity contribution in [1.29, 1.82) is 0 Å². The Morgan fingerprint density at radius 3 is 2.68 bits per heavy atom. The average molecular weight is 341 g/mol. The monoisotopic (exact) mass is 341 g/mol. The van der Waals surface area contributed by atoms with E-state index in [9.17, 15) is 4.79 Å². The van der Waals surface area contributed by atoms with Gasteiger partial charge in [0.2, 0.25) is 5.91 Å². The van der Waals surface area contributed by atoms with Gasteiger partial charge in [-0.05, 0) is 39.8 Å². The molecule has 25 heavy (non-hydrogen) atoms. The van der Waals surface area contributed by atoms with Gasteiger partial charge in [-0.25, -0.2) is 4.68 Å². The summed E-state index contributed by atoms with van der Waals surface area (Å²) in [5, 5.41) is 11.0. The molecular formula is C19H27N5O. The number of hydrogen-bond acceptors (Lipinski definition) is 4. The molecule has 1 aliphatic heterocycles. The number of hydrogen-bond donors (Lipinski definition) is 2. The van der Waals surface area contributed by atoms with Crippen LogP contribution in [0.2, 0.25) is 0 Å². The molecule has 1 fully saturated rings. The number of anilines is 1. The van der Waals surface area contributed by atoms with E-state index in [1.54, 1.807) is 0 Å². The summed E-state index contributed by atoms with van der Waals surface area (Å²) in [5.74, 6) is 0.0170. The number of rotatable bonds is 4. The molecule has 0 spiro atoms. The molecule has 134 valence electrons. The minimum Gasteiger partial charge on any atom is -0.322 e. The molecule has 1 aliphatic rings. The molecule has 6 heteroatoms. The van der Waals surface area contributed by atoms with Crippen LogP contribution in [0.4, 0.5) is 5.69 Å². The highest BCUT2D eigenvalue weighted by Crippen LogP contribution is 2.23. The molecule has 2 N–H and O–H groups in total. The van der Waals surface area contributed by atoms with Gasteiger partial charge in [-0.2, -0.15) is 5.10 Å². The minimum atomic E-state index is 0.0170. The van der Waals surface area contributed by atoms with Gasteiger partial charge >= 0.3 is 0 Å². The molecule has 6 nitrogen and oxygen atoms in total. The standard InChI is InChI=1S/C19H27N5O/c1-13-5-7-17(8-6-13)24-16(4)19(15(3)22-24)21-18(25)12-23-10-9-20-11-14(23)2/h5-8,14,20H,9-12H2,1-4H3,(H,21,25)/t14-/m0/s1. The van der Waals surface area contributed by atoms with Crippen LogP contribution in [-0.2, 0) is 4.79 Å². The highest BCUT2D eigenvalue weighted by Gasteiger charge is 2.22. The number of piperazine rings is 1. The van der Waals surface area contributed by atoms with Crippen molar-refractivity contribution in [3.05, 3.63) is 41.2 Å². The van der Waals surface area contributed by atoms with Gasteiger partial charge in [0, 0.05) is 25.7 Å². The Morgan fingerprint density at radius 2 is 2.00 bits per heavy atom. The number of nitrogens with zero attached hydrogens (tertiary/aromatic N) is 3. The van der Waals surface area contributed by atoms with E-state index in [0.717, 1.165) is 42.4 Å². The lowest BCUT2D eigenvalue weighted by Gasteiger charge is -2.33. The van der Waals surface area contributed by atoms with Gasteiger partial charge in [-0.15, -0.1) is 0 Å². The molecule has 0 radical (unpaired) electrons. The van der Waals surface area contributed by atoms with E-state index in [1.807, 2.05) is 30.7 Å². The van der Waals surface area contributed by atoms with Crippen LogP contribution >= 0.6 is 0 Å². The summed E-state index contributed by atoms with van der Waals surface area (Å²) in [6.45, 7) is 11.3. The molecular weight excluding hydrogens is 314 g/mol. The minimum absolute atomic E-state index is 0.0170. The maximum atomic E-state index is 12.5. The normalized spacial score (nSPS) is 18.3. The SMILES string of the molecule is Cc1ccc(-n2nc(C)c(NC(=O)CN3CCNC[C@@H]3C)c2C)cc1. The zero-order valence-corrected chi connectivity index (χ0v) is 15.5. The predicted octanol–water partition coefficient (Wildman–Crippen LogP) is 2.03. The molecule has 0 bridgehead atoms. The second kappa shape index (κ2) is 7.37. The lowest BCUT2D eigenvalue weighted by Crippen LogP contribution is -2.52. The molecule has 1 aromatic carbocycles. The van der Waals surface area contributed by atoms with Crippen LogP contribution < -0.4 is 10.6 Å². The van der Waals surface area contributed by atoms with E-state index in [0.29, 0.717) is 12.6 Å². The number of amides is 1. The van der Waals surface area contributed by atoms with E-state index in [1.165, 1.54) is 5.56 Å². The van der Waals surface area contributed by atoms with Gasteiger partial charge in [-0.1, -0.05) is 17.7 Å². The molecule has 1 aromatic heterocycles. The van der Waals surface area contributed by atoms with Crippen molar-refractivity contribution in [3.8, 4) is 5.69 Å². The molecule has 1 atom stereocenters. The zero-order chi connectivity index (χ0) is 18.0. The van der Waals surface area contributed by atoms with Crippen LogP contribution in [0, 0.1) is 20.8 Å². The second-order valence-corrected chi connectivity index (χ2v) is 6.86. The number of aromatic nitrogens is 2. The highest BCUT2D eigenvalue weighted by atomic mass is 16.2. The number of nitrogens with one attached hydrogen (secondary N) is 2. The van der Waals surface area contributed by atoms with Crippen LogP contribution in [0.25, 0.3) is 5.69 Å². The fourth-order valence-corrected chi connectivity index (χ4v) is 3.24. The fraction of sp³-hybridized carbons (Fsp3) is 0.474. The maximum absolute atomic E-state index is 12.5. The number of carbonyl (C=O) groups is 1. The van der Waals surface area contributed by atoms with Crippen LogP contribution in [0.1, 0.15) is 23.9 Å².